The van der Waals surface area contributed by atoms with Crippen molar-refractivity contribution in [3.63, 3.8) is 0 Å². The van der Waals surface area contributed by atoms with Crippen LogP contribution in [0.3, 0.4) is 0 Å². The van der Waals surface area contributed by atoms with E-state index in [-0.39, 0.29) is 26.2 Å². The van der Waals surface area contributed by atoms with Crippen LogP contribution in [0.5, 0.6) is 0 Å². The van der Waals surface area contributed by atoms with Gasteiger partial charge in [-0.3, -0.25) is 4.90 Å². The van der Waals surface area contributed by atoms with Crippen molar-refractivity contribution in [2.24, 2.45) is 0 Å². The van der Waals surface area contributed by atoms with Crippen molar-refractivity contribution >= 4 is 0 Å². The van der Waals surface area contributed by atoms with E-state index in [9.17, 15) is 0 Å². The molecule has 0 aliphatic rings. The van der Waals surface area contributed by atoms with Gasteiger partial charge in [0.15, 0.2) is 0 Å². The van der Waals surface area contributed by atoms with Crippen LogP contribution in [0.1, 0.15) is 27.7 Å². The van der Waals surface area contributed by atoms with E-state index in [0.717, 1.165) is 6.54 Å². The number of nitrogens with zero attached hydrogens (tertiary/aromatic N) is 1. The molecule has 0 N–H and O–H groups in total. The summed E-state index contributed by atoms with van der Waals surface area (Å²) in [5, 5.41) is 0. The second-order valence-corrected chi connectivity index (χ2v) is 2.93. The van der Waals surface area contributed by atoms with Crippen molar-refractivity contribution in [1.82, 2.24) is 4.90 Å². The minimum atomic E-state index is 0. The maximum Gasteiger partial charge on any atom is 0.00412 e. The molecule has 0 fully saturated rings. The van der Waals surface area contributed by atoms with Crippen LogP contribution in [0, 0.1) is 6.92 Å². The third-order valence-corrected chi connectivity index (χ3v) is 1.58. The Kier molecular flexibility index (Phi) is 8.80. The Bertz CT molecular complexity index is 63.7. The SMILES string of the molecule is [CH2]CN(C(C)C)C(C)C.[Zr]. The molecule has 0 rings (SSSR count). The molecule has 0 aromatic carbocycles. The minimum absolute atomic E-state index is 0. The Morgan fingerprint density at radius 1 is 1.10 bits per heavy atom. The van der Waals surface area contributed by atoms with Gasteiger partial charge in [-0.2, -0.15) is 0 Å². The van der Waals surface area contributed by atoms with Gasteiger partial charge in [-0.15, -0.1) is 0 Å². The molecule has 10 heavy (non-hydrogen) atoms. The molecular formula is C8H18NZr. The molecule has 0 bridgehead atoms. The normalized spacial score (nSPS) is 10.8. The topological polar surface area (TPSA) is 3.24 Å². The molecule has 0 aromatic heterocycles. The summed E-state index contributed by atoms with van der Waals surface area (Å²) in [6.07, 6.45) is 0. The summed E-state index contributed by atoms with van der Waals surface area (Å²) >= 11 is 0. The average molecular weight is 219 g/mol. The monoisotopic (exact) mass is 218 g/mol. The van der Waals surface area contributed by atoms with E-state index in [4.69, 9.17) is 0 Å². The van der Waals surface area contributed by atoms with Gasteiger partial charge in [0, 0.05) is 38.3 Å². The van der Waals surface area contributed by atoms with Gasteiger partial charge in [0.25, 0.3) is 0 Å². The van der Waals surface area contributed by atoms with Crippen LogP contribution < -0.4 is 0 Å². The number of rotatable bonds is 3. The quantitative estimate of drug-likeness (QED) is 0.701. The molecule has 0 saturated heterocycles. The van der Waals surface area contributed by atoms with E-state index in [1.807, 2.05) is 0 Å². The smallest absolute Gasteiger partial charge is 0.00412 e. The van der Waals surface area contributed by atoms with Gasteiger partial charge in [0.1, 0.15) is 0 Å². The summed E-state index contributed by atoms with van der Waals surface area (Å²) < 4.78 is 0. The van der Waals surface area contributed by atoms with Crippen molar-refractivity contribution in [2.75, 3.05) is 6.54 Å². The fourth-order valence-electron chi connectivity index (χ4n) is 1.11. The Hall–Kier alpha value is 0.843. The molecule has 59 valence electrons. The van der Waals surface area contributed by atoms with Gasteiger partial charge in [-0.1, -0.05) is 0 Å². The Balaban J connectivity index is 0. The summed E-state index contributed by atoms with van der Waals surface area (Å²) in [7, 11) is 0. The second-order valence-electron chi connectivity index (χ2n) is 2.93. The van der Waals surface area contributed by atoms with Crippen molar-refractivity contribution in [3.05, 3.63) is 6.92 Å². The fraction of sp³-hybridized carbons (Fsp3) is 0.875. The van der Waals surface area contributed by atoms with Crippen LogP contribution >= 0.6 is 0 Å². The van der Waals surface area contributed by atoms with Gasteiger partial charge in [0.2, 0.25) is 0 Å². The number of hydrogen-bond acceptors (Lipinski definition) is 1. The number of hydrogen-bond donors (Lipinski definition) is 0. The third-order valence-electron chi connectivity index (χ3n) is 1.58. The van der Waals surface area contributed by atoms with Crippen molar-refractivity contribution in [1.29, 1.82) is 0 Å². The molecule has 1 nitrogen and oxygen atoms in total. The fourth-order valence-corrected chi connectivity index (χ4v) is 1.11. The zero-order valence-electron chi connectivity index (χ0n) is 7.52. The molecule has 2 heteroatoms. The Morgan fingerprint density at radius 3 is 1.40 bits per heavy atom. The Morgan fingerprint density at radius 2 is 1.40 bits per heavy atom. The van der Waals surface area contributed by atoms with Crippen LogP contribution in [-0.4, -0.2) is 23.5 Å². The van der Waals surface area contributed by atoms with E-state index < -0.39 is 0 Å². The zero-order valence-corrected chi connectivity index (χ0v) is 9.97. The molecule has 0 spiro atoms. The Labute approximate surface area is 84.3 Å². The predicted octanol–water partition coefficient (Wildman–Crippen LogP) is 1.94. The van der Waals surface area contributed by atoms with Gasteiger partial charge in [-0.25, -0.2) is 0 Å². The maximum atomic E-state index is 3.85. The molecular weight excluding hydrogens is 201 g/mol. The third kappa shape index (κ3) is 4.63. The van der Waals surface area contributed by atoms with Gasteiger partial charge < -0.3 is 0 Å². The summed E-state index contributed by atoms with van der Waals surface area (Å²) in [6.45, 7) is 13.6. The first kappa shape index (κ1) is 13.4. The summed E-state index contributed by atoms with van der Waals surface area (Å²) in [5.74, 6) is 0. The molecule has 0 unspecified atom stereocenters. The summed E-state index contributed by atoms with van der Waals surface area (Å²) in [5.41, 5.74) is 0. The van der Waals surface area contributed by atoms with Gasteiger partial charge in [-0.05, 0) is 41.2 Å². The van der Waals surface area contributed by atoms with E-state index in [1.165, 1.54) is 0 Å². The van der Waals surface area contributed by atoms with Crippen LogP contribution in [-0.2, 0) is 26.2 Å². The first-order valence-corrected chi connectivity index (χ1v) is 3.64. The average Bonchev–Trinajstić information content (AvgIpc) is 1.64. The first-order valence-electron chi connectivity index (χ1n) is 3.64. The first-order chi connectivity index (χ1) is 4.09. The maximum absolute atomic E-state index is 3.85. The van der Waals surface area contributed by atoms with Gasteiger partial charge in [0.05, 0.1) is 0 Å². The molecule has 0 aliphatic carbocycles. The molecule has 0 heterocycles. The van der Waals surface area contributed by atoms with E-state index in [1.54, 1.807) is 0 Å². The van der Waals surface area contributed by atoms with Crippen LogP contribution in [0.15, 0.2) is 0 Å². The van der Waals surface area contributed by atoms with Crippen molar-refractivity contribution in [3.8, 4) is 0 Å². The summed E-state index contributed by atoms with van der Waals surface area (Å²) in [4.78, 5) is 2.35. The molecule has 0 aliphatic heterocycles. The second kappa shape index (κ2) is 6.55. The minimum Gasteiger partial charge on any atom is -0.299 e. The van der Waals surface area contributed by atoms with E-state index in [0.29, 0.717) is 12.1 Å². The van der Waals surface area contributed by atoms with Crippen molar-refractivity contribution in [2.45, 2.75) is 39.8 Å². The van der Waals surface area contributed by atoms with Crippen LogP contribution in [0.4, 0.5) is 0 Å². The zero-order chi connectivity index (χ0) is 7.44. The van der Waals surface area contributed by atoms with Gasteiger partial charge >= 0.3 is 0 Å². The molecule has 0 atom stereocenters. The molecule has 0 aromatic rings. The standard InChI is InChI=1S/C8H18N.Zr/c1-6-9(7(2)3)8(4)5;/h7-8H,1,6H2,2-5H3;. The molecule has 0 amide bonds. The van der Waals surface area contributed by atoms with E-state index in [2.05, 4.69) is 39.5 Å². The van der Waals surface area contributed by atoms with Crippen LogP contribution in [0.25, 0.3) is 0 Å². The van der Waals surface area contributed by atoms with Crippen LogP contribution in [0.2, 0.25) is 0 Å². The van der Waals surface area contributed by atoms with Crippen molar-refractivity contribution < 1.29 is 26.2 Å². The largest absolute Gasteiger partial charge is 0.299 e. The van der Waals surface area contributed by atoms with E-state index >= 15 is 0 Å². The summed E-state index contributed by atoms with van der Waals surface area (Å²) in [6, 6.07) is 1.25. The molecule has 0 saturated carbocycles. The predicted molar refractivity (Wildman–Crippen MR) is 42.3 cm³/mol. The molecule has 1 radical (unpaired) electrons.